The van der Waals surface area contributed by atoms with Crippen LogP contribution in [0.25, 0.3) is 0 Å². The van der Waals surface area contributed by atoms with Gasteiger partial charge in [-0.2, -0.15) is 0 Å². The third kappa shape index (κ3) is 3.07. The van der Waals surface area contributed by atoms with Crippen molar-refractivity contribution in [1.29, 1.82) is 0 Å². The second-order valence-electron chi connectivity index (χ2n) is 3.32. The first kappa shape index (κ1) is 11.6. The standard InChI is InChI=1S/C11H10BrClN2O/c12-11-5-9(13)2-1-8(11)6-14-7-10-3-4-15-16-10/h1-5,14H,6-7H2. The van der Waals surface area contributed by atoms with Crippen molar-refractivity contribution in [3.63, 3.8) is 0 Å². The van der Waals surface area contributed by atoms with Crippen LogP contribution < -0.4 is 5.32 Å². The first-order chi connectivity index (χ1) is 7.75. The summed E-state index contributed by atoms with van der Waals surface area (Å²) in [5, 5.41) is 7.62. The Morgan fingerprint density at radius 1 is 1.31 bits per heavy atom. The van der Waals surface area contributed by atoms with Crippen molar-refractivity contribution in [2.45, 2.75) is 13.1 Å². The van der Waals surface area contributed by atoms with Crippen LogP contribution in [0.3, 0.4) is 0 Å². The fourth-order valence-electron chi connectivity index (χ4n) is 1.32. The molecule has 0 fully saturated rings. The molecule has 0 aliphatic heterocycles. The number of hydrogen-bond donors (Lipinski definition) is 1. The SMILES string of the molecule is Clc1ccc(CNCc2ccno2)c(Br)c1. The van der Waals surface area contributed by atoms with Crippen molar-refractivity contribution < 1.29 is 4.52 Å². The Balaban J connectivity index is 1.90. The Labute approximate surface area is 107 Å². The van der Waals surface area contributed by atoms with Crippen LogP contribution in [0.4, 0.5) is 0 Å². The zero-order valence-corrected chi connectivity index (χ0v) is 10.8. The lowest BCUT2D eigenvalue weighted by atomic mass is 10.2. The van der Waals surface area contributed by atoms with E-state index in [1.165, 1.54) is 0 Å². The van der Waals surface area contributed by atoms with Gasteiger partial charge in [-0.15, -0.1) is 0 Å². The quantitative estimate of drug-likeness (QED) is 0.941. The second kappa shape index (κ2) is 5.48. The molecule has 0 amide bonds. The maximum Gasteiger partial charge on any atom is 0.150 e. The van der Waals surface area contributed by atoms with E-state index in [0.717, 1.165) is 27.4 Å². The molecule has 0 radical (unpaired) electrons. The highest BCUT2D eigenvalue weighted by Crippen LogP contribution is 2.21. The van der Waals surface area contributed by atoms with E-state index >= 15 is 0 Å². The molecule has 3 nitrogen and oxygen atoms in total. The minimum atomic E-state index is 0.662. The van der Waals surface area contributed by atoms with Crippen LogP contribution in [-0.2, 0) is 13.1 Å². The molecule has 0 atom stereocenters. The predicted molar refractivity (Wildman–Crippen MR) is 66.2 cm³/mol. The molecule has 0 bridgehead atoms. The van der Waals surface area contributed by atoms with E-state index in [1.807, 2.05) is 24.3 Å². The molecule has 2 aromatic rings. The lowest BCUT2D eigenvalue weighted by Gasteiger charge is -2.05. The summed E-state index contributed by atoms with van der Waals surface area (Å²) in [4.78, 5) is 0. The highest BCUT2D eigenvalue weighted by Gasteiger charge is 2.01. The van der Waals surface area contributed by atoms with Crippen LogP contribution in [0.5, 0.6) is 0 Å². The molecule has 2 rings (SSSR count). The monoisotopic (exact) mass is 300 g/mol. The Bertz CT molecular complexity index is 459. The van der Waals surface area contributed by atoms with Crippen molar-refractivity contribution in [3.8, 4) is 0 Å². The van der Waals surface area contributed by atoms with Crippen molar-refractivity contribution in [2.75, 3.05) is 0 Å². The Hall–Kier alpha value is -0.840. The molecule has 16 heavy (non-hydrogen) atoms. The largest absolute Gasteiger partial charge is 0.360 e. The number of nitrogens with zero attached hydrogens (tertiary/aromatic N) is 1. The molecule has 0 aliphatic carbocycles. The number of benzene rings is 1. The van der Waals surface area contributed by atoms with Crippen LogP contribution >= 0.6 is 27.5 Å². The molecule has 0 unspecified atom stereocenters. The normalized spacial score (nSPS) is 10.6. The van der Waals surface area contributed by atoms with Crippen molar-refractivity contribution in [1.82, 2.24) is 10.5 Å². The van der Waals surface area contributed by atoms with E-state index in [1.54, 1.807) is 6.20 Å². The summed E-state index contributed by atoms with van der Waals surface area (Å²) in [6, 6.07) is 7.58. The van der Waals surface area contributed by atoms with E-state index in [-0.39, 0.29) is 0 Å². The van der Waals surface area contributed by atoms with Crippen LogP contribution in [0, 0.1) is 0 Å². The predicted octanol–water partition coefficient (Wildman–Crippen LogP) is 3.38. The molecule has 0 saturated carbocycles. The highest BCUT2D eigenvalue weighted by atomic mass is 79.9. The van der Waals surface area contributed by atoms with Gasteiger partial charge in [0.15, 0.2) is 0 Å². The van der Waals surface area contributed by atoms with Gasteiger partial charge in [-0.1, -0.05) is 38.8 Å². The Morgan fingerprint density at radius 3 is 2.88 bits per heavy atom. The Kier molecular flexibility index (Phi) is 3.98. The van der Waals surface area contributed by atoms with Crippen molar-refractivity contribution in [3.05, 3.63) is 51.3 Å². The lowest BCUT2D eigenvalue weighted by Crippen LogP contribution is -2.12. The second-order valence-corrected chi connectivity index (χ2v) is 4.61. The van der Waals surface area contributed by atoms with Gasteiger partial charge in [-0.3, -0.25) is 0 Å². The smallest absolute Gasteiger partial charge is 0.150 e. The molecule has 0 saturated heterocycles. The third-order valence-corrected chi connectivity index (χ3v) is 3.09. The van der Waals surface area contributed by atoms with Crippen LogP contribution in [0.2, 0.25) is 5.02 Å². The summed E-state index contributed by atoms with van der Waals surface area (Å²) < 4.78 is 5.98. The molecule has 1 heterocycles. The molecule has 0 aliphatic rings. The minimum absolute atomic E-state index is 0.662. The summed E-state index contributed by atoms with van der Waals surface area (Å²) in [5.74, 6) is 0.824. The minimum Gasteiger partial charge on any atom is -0.360 e. The molecule has 1 aromatic carbocycles. The zero-order valence-electron chi connectivity index (χ0n) is 8.41. The van der Waals surface area contributed by atoms with Gasteiger partial charge in [0.1, 0.15) is 5.76 Å². The van der Waals surface area contributed by atoms with E-state index in [2.05, 4.69) is 26.4 Å². The van der Waals surface area contributed by atoms with E-state index in [9.17, 15) is 0 Å². The van der Waals surface area contributed by atoms with Gasteiger partial charge in [0.25, 0.3) is 0 Å². The number of aromatic nitrogens is 1. The first-order valence-electron chi connectivity index (χ1n) is 4.80. The fraction of sp³-hybridized carbons (Fsp3) is 0.182. The number of halogens is 2. The lowest BCUT2D eigenvalue weighted by molar-refractivity contribution is 0.372. The average molecular weight is 302 g/mol. The van der Waals surface area contributed by atoms with Gasteiger partial charge < -0.3 is 9.84 Å². The fourth-order valence-corrected chi connectivity index (χ4v) is 2.14. The molecular formula is C11H10BrClN2O. The maximum absolute atomic E-state index is 5.86. The Morgan fingerprint density at radius 2 is 2.19 bits per heavy atom. The van der Waals surface area contributed by atoms with Crippen molar-refractivity contribution >= 4 is 27.5 Å². The molecule has 1 aromatic heterocycles. The molecular weight excluding hydrogens is 291 g/mol. The van der Waals surface area contributed by atoms with Gasteiger partial charge in [0.05, 0.1) is 12.7 Å². The average Bonchev–Trinajstić information content (AvgIpc) is 2.74. The van der Waals surface area contributed by atoms with E-state index in [4.69, 9.17) is 16.1 Å². The molecule has 1 N–H and O–H groups in total. The topological polar surface area (TPSA) is 38.1 Å². The molecule has 0 spiro atoms. The van der Waals surface area contributed by atoms with Gasteiger partial charge in [-0.25, -0.2) is 0 Å². The van der Waals surface area contributed by atoms with Gasteiger partial charge in [0, 0.05) is 22.1 Å². The summed E-state index contributed by atoms with van der Waals surface area (Å²) in [6.45, 7) is 1.41. The van der Waals surface area contributed by atoms with Crippen LogP contribution in [0.15, 0.2) is 39.5 Å². The number of hydrogen-bond acceptors (Lipinski definition) is 3. The molecule has 84 valence electrons. The summed E-state index contributed by atoms with van der Waals surface area (Å²) in [7, 11) is 0. The van der Waals surface area contributed by atoms with Gasteiger partial charge in [-0.05, 0) is 17.7 Å². The number of rotatable bonds is 4. The third-order valence-electron chi connectivity index (χ3n) is 2.12. The van der Waals surface area contributed by atoms with Crippen LogP contribution in [0.1, 0.15) is 11.3 Å². The molecule has 5 heteroatoms. The maximum atomic E-state index is 5.86. The summed E-state index contributed by atoms with van der Waals surface area (Å²) in [6.07, 6.45) is 1.63. The van der Waals surface area contributed by atoms with E-state index < -0.39 is 0 Å². The first-order valence-corrected chi connectivity index (χ1v) is 5.97. The summed E-state index contributed by atoms with van der Waals surface area (Å²) in [5.41, 5.74) is 1.16. The van der Waals surface area contributed by atoms with Gasteiger partial charge >= 0.3 is 0 Å². The number of nitrogens with one attached hydrogen (secondary N) is 1. The zero-order chi connectivity index (χ0) is 11.4. The highest BCUT2D eigenvalue weighted by molar-refractivity contribution is 9.10. The van der Waals surface area contributed by atoms with Gasteiger partial charge in [0.2, 0.25) is 0 Å². The summed E-state index contributed by atoms with van der Waals surface area (Å²) >= 11 is 9.32. The van der Waals surface area contributed by atoms with Crippen molar-refractivity contribution in [2.24, 2.45) is 0 Å². The van der Waals surface area contributed by atoms with Crippen LogP contribution in [-0.4, -0.2) is 5.16 Å². The van der Waals surface area contributed by atoms with E-state index in [0.29, 0.717) is 6.54 Å².